The van der Waals surface area contributed by atoms with Gasteiger partial charge in [-0.25, -0.2) is 8.78 Å². The Bertz CT molecular complexity index is 691. The van der Waals surface area contributed by atoms with Crippen LogP contribution in [-0.4, -0.2) is 5.91 Å². The van der Waals surface area contributed by atoms with Crippen LogP contribution >= 0.6 is 27.5 Å². The van der Waals surface area contributed by atoms with Gasteiger partial charge in [0.15, 0.2) is 0 Å². The quantitative estimate of drug-likeness (QED) is 0.807. The molecular weight excluding hydrogens is 352 g/mol. The van der Waals surface area contributed by atoms with Crippen LogP contribution in [-0.2, 0) is 0 Å². The van der Waals surface area contributed by atoms with Gasteiger partial charge >= 0.3 is 0 Å². The minimum absolute atomic E-state index is 0.192. The summed E-state index contributed by atoms with van der Waals surface area (Å²) in [6.07, 6.45) is 0. The van der Waals surface area contributed by atoms with Gasteiger partial charge in [-0.1, -0.05) is 27.5 Å². The summed E-state index contributed by atoms with van der Waals surface area (Å²) >= 11 is 9.18. The first kappa shape index (κ1) is 14.9. The molecule has 0 heterocycles. The molecule has 1 amide bonds. The van der Waals surface area contributed by atoms with Crippen molar-refractivity contribution in [2.24, 2.45) is 0 Å². The molecule has 0 fully saturated rings. The number of hydrogen-bond acceptors (Lipinski definition) is 1. The second-order valence-corrected chi connectivity index (χ2v) is 5.48. The number of carbonyl (C=O) groups excluding carboxylic acids is 1. The number of benzene rings is 2. The molecule has 0 aliphatic carbocycles. The van der Waals surface area contributed by atoms with Gasteiger partial charge in [0.1, 0.15) is 11.6 Å². The average Bonchev–Trinajstić information content (AvgIpc) is 2.38. The number of rotatable bonds is 2. The predicted molar refractivity (Wildman–Crippen MR) is 78.2 cm³/mol. The summed E-state index contributed by atoms with van der Waals surface area (Å²) in [4.78, 5) is 12.0. The van der Waals surface area contributed by atoms with E-state index in [9.17, 15) is 13.6 Å². The molecule has 0 saturated carbocycles. The van der Waals surface area contributed by atoms with Gasteiger partial charge in [-0.15, -0.1) is 0 Å². The number of hydrogen-bond donors (Lipinski definition) is 1. The molecule has 0 aliphatic rings. The summed E-state index contributed by atoms with van der Waals surface area (Å²) < 4.78 is 27.5. The Labute approximate surface area is 127 Å². The highest BCUT2D eigenvalue weighted by Crippen LogP contribution is 2.26. The van der Waals surface area contributed by atoms with E-state index in [1.54, 1.807) is 18.2 Å². The van der Waals surface area contributed by atoms with Crippen molar-refractivity contribution >= 4 is 39.1 Å². The molecule has 2 aromatic rings. The first-order chi connectivity index (χ1) is 9.38. The zero-order valence-electron chi connectivity index (χ0n) is 10.3. The summed E-state index contributed by atoms with van der Waals surface area (Å²) in [7, 11) is 0. The lowest BCUT2D eigenvalue weighted by Crippen LogP contribution is -2.14. The fourth-order valence-corrected chi connectivity index (χ4v) is 2.14. The fourth-order valence-electron chi connectivity index (χ4n) is 1.61. The van der Waals surface area contributed by atoms with Crippen LogP contribution in [0.3, 0.4) is 0 Å². The van der Waals surface area contributed by atoms with Crippen molar-refractivity contribution < 1.29 is 13.6 Å². The minimum Gasteiger partial charge on any atom is -0.321 e. The molecule has 20 heavy (non-hydrogen) atoms. The lowest BCUT2D eigenvalue weighted by atomic mass is 10.1. The van der Waals surface area contributed by atoms with Crippen molar-refractivity contribution in [3.8, 4) is 0 Å². The highest BCUT2D eigenvalue weighted by Gasteiger charge is 2.15. The second kappa shape index (κ2) is 5.89. The zero-order valence-corrected chi connectivity index (χ0v) is 12.6. The molecule has 0 aliphatic heterocycles. The van der Waals surface area contributed by atoms with Crippen LogP contribution in [0.25, 0.3) is 0 Å². The van der Waals surface area contributed by atoms with Crippen molar-refractivity contribution in [3.05, 3.63) is 62.6 Å². The van der Waals surface area contributed by atoms with Crippen LogP contribution in [0.4, 0.5) is 14.5 Å². The van der Waals surface area contributed by atoms with Gasteiger partial charge in [0.05, 0.1) is 16.3 Å². The Hall–Kier alpha value is -1.46. The summed E-state index contributed by atoms with van der Waals surface area (Å²) in [6.45, 7) is 1.46. The Balaban J connectivity index is 2.33. The van der Waals surface area contributed by atoms with Crippen LogP contribution in [0.2, 0.25) is 5.02 Å². The molecule has 0 unspecified atom stereocenters. The predicted octanol–water partition coefficient (Wildman–Crippen LogP) is 4.94. The fraction of sp³-hybridized carbons (Fsp3) is 0.0714. The number of anilines is 1. The molecule has 0 saturated heterocycles. The van der Waals surface area contributed by atoms with Gasteiger partial charge in [0, 0.05) is 10.5 Å². The van der Waals surface area contributed by atoms with Crippen LogP contribution in [0.5, 0.6) is 0 Å². The van der Waals surface area contributed by atoms with E-state index < -0.39 is 17.5 Å². The monoisotopic (exact) mass is 359 g/mol. The summed E-state index contributed by atoms with van der Waals surface area (Å²) in [5.74, 6) is -2.30. The molecule has 6 heteroatoms. The van der Waals surface area contributed by atoms with Crippen LogP contribution in [0.15, 0.2) is 34.8 Å². The maximum absolute atomic E-state index is 13.6. The third kappa shape index (κ3) is 3.16. The Morgan fingerprint density at radius 1 is 1.20 bits per heavy atom. The van der Waals surface area contributed by atoms with E-state index in [1.807, 2.05) is 0 Å². The topological polar surface area (TPSA) is 29.1 Å². The largest absolute Gasteiger partial charge is 0.321 e. The highest BCUT2D eigenvalue weighted by atomic mass is 79.9. The number of carbonyl (C=O) groups is 1. The average molecular weight is 361 g/mol. The van der Waals surface area contributed by atoms with E-state index in [-0.39, 0.29) is 11.1 Å². The smallest absolute Gasteiger partial charge is 0.258 e. The molecule has 0 bridgehead atoms. The van der Waals surface area contributed by atoms with Gasteiger partial charge in [0.25, 0.3) is 5.91 Å². The molecule has 104 valence electrons. The standard InChI is InChI=1S/C14H9BrClF2NO/c1-7-4-9(12(18)6-11(7)17)14(20)19-13-5-8(15)2-3-10(13)16/h2-6H,1H3,(H,19,20). The Kier molecular flexibility index (Phi) is 4.40. The number of halogens is 4. The third-order valence-corrected chi connectivity index (χ3v) is 3.49. The van der Waals surface area contributed by atoms with Crippen LogP contribution in [0.1, 0.15) is 15.9 Å². The highest BCUT2D eigenvalue weighted by molar-refractivity contribution is 9.10. The summed E-state index contributed by atoms with van der Waals surface area (Å²) in [5, 5.41) is 2.81. The molecule has 0 spiro atoms. The van der Waals surface area contributed by atoms with Gasteiger partial charge in [-0.3, -0.25) is 4.79 Å². The first-order valence-electron chi connectivity index (χ1n) is 5.60. The lowest BCUT2D eigenvalue weighted by molar-refractivity contribution is 0.102. The second-order valence-electron chi connectivity index (χ2n) is 4.16. The Morgan fingerprint density at radius 2 is 1.90 bits per heavy atom. The van der Waals surface area contributed by atoms with Crippen LogP contribution < -0.4 is 5.32 Å². The van der Waals surface area contributed by atoms with E-state index in [4.69, 9.17) is 11.6 Å². The molecule has 2 rings (SSSR count). The van der Waals surface area contributed by atoms with Gasteiger partial charge in [-0.05, 0) is 36.8 Å². The maximum Gasteiger partial charge on any atom is 0.258 e. The van der Waals surface area contributed by atoms with Crippen LogP contribution in [0, 0.1) is 18.6 Å². The molecule has 1 N–H and O–H groups in total. The van der Waals surface area contributed by atoms with Crippen molar-refractivity contribution in [1.82, 2.24) is 0 Å². The number of aryl methyl sites for hydroxylation is 1. The van der Waals surface area contributed by atoms with E-state index in [2.05, 4.69) is 21.2 Å². The maximum atomic E-state index is 13.6. The molecule has 2 aromatic carbocycles. The summed E-state index contributed by atoms with van der Waals surface area (Å²) in [5.41, 5.74) is 0.296. The zero-order chi connectivity index (χ0) is 14.9. The molecule has 2 nitrogen and oxygen atoms in total. The SMILES string of the molecule is Cc1cc(C(=O)Nc2cc(Br)ccc2Cl)c(F)cc1F. The molecule has 0 aromatic heterocycles. The van der Waals surface area contributed by atoms with Gasteiger partial charge in [-0.2, -0.15) is 0 Å². The van der Waals surface area contributed by atoms with Crippen molar-refractivity contribution in [3.63, 3.8) is 0 Å². The van der Waals surface area contributed by atoms with E-state index in [0.717, 1.165) is 6.07 Å². The van der Waals surface area contributed by atoms with E-state index in [1.165, 1.54) is 6.92 Å². The third-order valence-electron chi connectivity index (χ3n) is 2.67. The number of amides is 1. The lowest BCUT2D eigenvalue weighted by Gasteiger charge is -2.09. The number of nitrogens with one attached hydrogen (secondary N) is 1. The van der Waals surface area contributed by atoms with Crippen molar-refractivity contribution in [2.75, 3.05) is 5.32 Å². The first-order valence-corrected chi connectivity index (χ1v) is 6.77. The Morgan fingerprint density at radius 3 is 2.60 bits per heavy atom. The summed E-state index contributed by atoms with van der Waals surface area (Å²) in [6, 6.07) is 6.74. The van der Waals surface area contributed by atoms with Gasteiger partial charge in [0.2, 0.25) is 0 Å². The minimum atomic E-state index is -0.920. The van der Waals surface area contributed by atoms with E-state index >= 15 is 0 Å². The molecule has 0 atom stereocenters. The van der Waals surface area contributed by atoms with Crippen molar-refractivity contribution in [1.29, 1.82) is 0 Å². The molecule has 0 radical (unpaired) electrons. The van der Waals surface area contributed by atoms with Crippen molar-refractivity contribution in [2.45, 2.75) is 6.92 Å². The van der Waals surface area contributed by atoms with Gasteiger partial charge < -0.3 is 5.32 Å². The molecular formula is C14H9BrClF2NO. The van der Waals surface area contributed by atoms with E-state index in [0.29, 0.717) is 21.2 Å². The normalized spacial score (nSPS) is 10.4.